The van der Waals surface area contributed by atoms with Crippen molar-refractivity contribution >= 4 is 17.9 Å². The van der Waals surface area contributed by atoms with Gasteiger partial charge in [-0.05, 0) is 38.5 Å². The second-order valence-electron chi connectivity index (χ2n) is 26.3. The van der Waals surface area contributed by atoms with E-state index in [0.29, 0.717) is 19.3 Å². The molecule has 0 radical (unpaired) electrons. The van der Waals surface area contributed by atoms with E-state index in [1.807, 2.05) is 0 Å². The standard InChI is InChI=1S/C77H148O6/c1-4-7-10-13-16-19-22-24-26-28-30-32-34-36-38-39-41-42-44-46-48-50-52-55-58-61-64-67-70-76(79)82-73-74(72-81-75(78)69-66-63-60-57-54-21-18-15-12-9-6-3)83-77(80)71-68-65-62-59-56-53-51-49-47-45-43-40-37-35-33-31-29-27-25-23-20-17-14-11-8-5-2/h15,18,74H,4-14,16-17,19-73H2,1-3H3/b18-15-. The molecule has 0 amide bonds. The van der Waals surface area contributed by atoms with Crippen LogP contribution < -0.4 is 0 Å². The molecule has 6 heteroatoms. The monoisotopic (exact) mass is 1170 g/mol. The molecule has 0 spiro atoms. The summed E-state index contributed by atoms with van der Waals surface area (Å²) in [4.78, 5) is 38.4. The second-order valence-corrected chi connectivity index (χ2v) is 26.3. The Balaban J connectivity index is 4.10. The summed E-state index contributed by atoms with van der Waals surface area (Å²) in [5.74, 6) is -0.839. The summed E-state index contributed by atoms with van der Waals surface area (Å²) in [5.41, 5.74) is 0. The van der Waals surface area contributed by atoms with Gasteiger partial charge in [0.25, 0.3) is 0 Å². The molecule has 0 aromatic carbocycles. The van der Waals surface area contributed by atoms with Gasteiger partial charge in [0, 0.05) is 19.3 Å². The largest absolute Gasteiger partial charge is 0.462 e. The summed E-state index contributed by atoms with van der Waals surface area (Å²) < 4.78 is 17.0. The van der Waals surface area contributed by atoms with Gasteiger partial charge in [-0.3, -0.25) is 14.4 Å². The highest BCUT2D eigenvalue weighted by Crippen LogP contribution is 2.20. The Labute approximate surface area is 520 Å². The third-order valence-electron chi connectivity index (χ3n) is 17.8. The van der Waals surface area contributed by atoms with Crippen LogP contribution in [0.1, 0.15) is 445 Å². The highest BCUT2D eigenvalue weighted by atomic mass is 16.6. The fourth-order valence-corrected chi connectivity index (χ4v) is 12.0. The van der Waals surface area contributed by atoms with Crippen molar-refractivity contribution in [2.24, 2.45) is 0 Å². The second kappa shape index (κ2) is 72.6. The molecular formula is C77H148O6. The number of hydrogen-bond acceptors (Lipinski definition) is 6. The van der Waals surface area contributed by atoms with Crippen LogP contribution in [0, 0.1) is 0 Å². The number of unbranched alkanes of at least 4 members (excludes halogenated alkanes) is 59. The van der Waals surface area contributed by atoms with Crippen LogP contribution in [0.5, 0.6) is 0 Å². The lowest BCUT2D eigenvalue weighted by Crippen LogP contribution is -2.30. The van der Waals surface area contributed by atoms with Crippen molar-refractivity contribution in [3.63, 3.8) is 0 Å². The molecule has 0 aromatic rings. The normalized spacial score (nSPS) is 12.0. The van der Waals surface area contributed by atoms with E-state index in [2.05, 4.69) is 32.9 Å². The summed E-state index contributed by atoms with van der Waals surface area (Å²) in [5, 5.41) is 0. The molecule has 0 saturated carbocycles. The fraction of sp³-hybridized carbons (Fsp3) is 0.935. The molecule has 0 rings (SSSR count). The van der Waals surface area contributed by atoms with Crippen molar-refractivity contribution in [3.05, 3.63) is 12.2 Å². The number of hydrogen-bond donors (Lipinski definition) is 0. The highest BCUT2D eigenvalue weighted by Gasteiger charge is 2.20. The lowest BCUT2D eigenvalue weighted by atomic mass is 10.0. The maximum Gasteiger partial charge on any atom is 0.306 e. The van der Waals surface area contributed by atoms with Gasteiger partial charge in [-0.2, -0.15) is 0 Å². The van der Waals surface area contributed by atoms with E-state index in [1.165, 1.54) is 340 Å². The summed E-state index contributed by atoms with van der Waals surface area (Å²) in [6.45, 7) is 6.69. The SMILES string of the molecule is CCCC/C=C\CCCCCCCC(=O)OCC(COC(=O)CCCCCCCCCCCCCCCCCCCCCCCCCCCCCC)OC(=O)CCCCCCCCCCCCCCCCCCCCCCCCCCCC. The van der Waals surface area contributed by atoms with E-state index in [4.69, 9.17) is 14.2 Å². The van der Waals surface area contributed by atoms with Gasteiger partial charge in [0.05, 0.1) is 0 Å². The Hall–Kier alpha value is -1.85. The zero-order valence-corrected chi connectivity index (χ0v) is 56.8. The van der Waals surface area contributed by atoms with Gasteiger partial charge in [0.15, 0.2) is 6.10 Å². The third-order valence-corrected chi connectivity index (χ3v) is 17.8. The summed E-state index contributed by atoms with van der Waals surface area (Å²) >= 11 is 0. The quantitative estimate of drug-likeness (QED) is 0.0261. The van der Waals surface area contributed by atoms with Crippen LogP contribution >= 0.6 is 0 Å². The zero-order valence-electron chi connectivity index (χ0n) is 56.8. The molecule has 0 N–H and O–H groups in total. The predicted molar refractivity (Wildman–Crippen MR) is 363 cm³/mol. The summed E-state index contributed by atoms with van der Waals surface area (Å²) in [7, 11) is 0. The van der Waals surface area contributed by atoms with Crippen molar-refractivity contribution in [1.29, 1.82) is 0 Å². The molecule has 0 heterocycles. The Kier molecular flexibility index (Phi) is 71.0. The van der Waals surface area contributed by atoms with E-state index in [0.717, 1.165) is 64.2 Å². The Morgan fingerprint density at radius 1 is 0.229 bits per heavy atom. The number of carbonyl (C=O) groups is 3. The number of ether oxygens (including phenoxy) is 3. The molecule has 0 aliphatic heterocycles. The highest BCUT2D eigenvalue weighted by molar-refractivity contribution is 5.71. The minimum atomic E-state index is -0.770. The average molecular weight is 1170 g/mol. The van der Waals surface area contributed by atoms with Gasteiger partial charge >= 0.3 is 17.9 Å². The van der Waals surface area contributed by atoms with Crippen LogP contribution in [-0.2, 0) is 28.6 Å². The first-order chi connectivity index (χ1) is 41.0. The minimum Gasteiger partial charge on any atom is -0.462 e. The number of allylic oxidation sites excluding steroid dienone is 2. The fourth-order valence-electron chi connectivity index (χ4n) is 12.0. The van der Waals surface area contributed by atoms with E-state index in [9.17, 15) is 14.4 Å². The minimum absolute atomic E-state index is 0.0657. The van der Waals surface area contributed by atoms with Gasteiger partial charge in [-0.15, -0.1) is 0 Å². The molecule has 492 valence electrons. The maximum absolute atomic E-state index is 13.0. The van der Waals surface area contributed by atoms with Crippen LogP contribution in [-0.4, -0.2) is 37.2 Å². The first-order valence-electron chi connectivity index (χ1n) is 38.2. The average Bonchev–Trinajstić information content (AvgIpc) is 3.48. The van der Waals surface area contributed by atoms with Crippen LogP contribution in [0.3, 0.4) is 0 Å². The first-order valence-corrected chi connectivity index (χ1v) is 38.2. The molecular weight excluding hydrogens is 1020 g/mol. The molecule has 0 aliphatic carbocycles. The lowest BCUT2D eigenvalue weighted by molar-refractivity contribution is -0.167. The molecule has 0 fully saturated rings. The van der Waals surface area contributed by atoms with Gasteiger partial charge in [0.1, 0.15) is 13.2 Å². The number of carbonyl (C=O) groups excluding carboxylic acids is 3. The summed E-state index contributed by atoms with van der Waals surface area (Å²) in [6.07, 6.45) is 88.6. The lowest BCUT2D eigenvalue weighted by Gasteiger charge is -2.18. The van der Waals surface area contributed by atoms with E-state index < -0.39 is 6.10 Å². The van der Waals surface area contributed by atoms with Crippen molar-refractivity contribution in [3.8, 4) is 0 Å². The van der Waals surface area contributed by atoms with Crippen molar-refractivity contribution in [2.75, 3.05) is 13.2 Å². The molecule has 0 bridgehead atoms. The molecule has 83 heavy (non-hydrogen) atoms. The zero-order chi connectivity index (χ0) is 59.9. The Morgan fingerprint density at radius 2 is 0.410 bits per heavy atom. The summed E-state index contributed by atoms with van der Waals surface area (Å²) in [6, 6.07) is 0. The topological polar surface area (TPSA) is 78.9 Å². The van der Waals surface area contributed by atoms with Crippen LogP contribution in [0.15, 0.2) is 12.2 Å². The Bertz CT molecular complexity index is 1300. The molecule has 1 unspecified atom stereocenters. The third kappa shape index (κ3) is 70.8. The van der Waals surface area contributed by atoms with Crippen molar-refractivity contribution in [2.45, 2.75) is 451 Å². The molecule has 0 aliphatic rings. The molecule has 0 saturated heterocycles. The van der Waals surface area contributed by atoms with Gasteiger partial charge in [-0.1, -0.05) is 399 Å². The number of rotatable bonds is 72. The maximum atomic E-state index is 13.0. The van der Waals surface area contributed by atoms with Gasteiger partial charge in [-0.25, -0.2) is 0 Å². The van der Waals surface area contributed by atoms with Crippen LogP contribution in [0.2, 0.25) is 0 Å². The van der Waals surface area contributed by atoms with E-state index >= 15 is 0 Å². The van der Waals surface area contributed by atoms with E-state index in [-0.39, 0.29) is 31.1 Å². The molecule has 1 atom stereocenters. The molecule has 6 nitrogen and oxygen atoms in total. The Morgan fingerprint density at radius 3 is 0.639 bits per heavy atom. The van der Waals surface area contributed by atoms with Crippen molar-refractivity contribution in [1.82, 2.24) is 0 Å². The smallest absolute Gasteiger partial charge is 0.306 e. The van der Waals surface area contributed by atoms with Crippen LogP contribution in [0.25, 0.3) is 0 Å². The first kappa shape index (κ1) is 81.2. The predicted octanol–water partition coefficient (Wildman–Crippen LogP) is 26.3. The van der Waals surface area contributed by atoms with Gasteiger partial charge in [0.2, 0.25) is 0 Å². The van der Waals surface area contributed by atoms with Gasteiger partial charge < -0.3 is 14.2 Å². The molecule has 0 aromatic heterocycles. The van der Waals surface area contributed by atoms with Crippen LogP contribution in [0.4, 0.5) is 0 Å². The van der Waals surface area contributed by atoms with E-state index in [1.54, 1.807) is 0 Å². The number of esters is 3. The van der Waals surface area contributed by atoms with Crippen molar-refractivity contribution < 1.29 is 28.6 Å².